The molecular weight excluding hydrogens is 356 g/mol. The van der Waals surface area contributed by atoms with Crippen LogP contribution in [0, 0.1) is 5.92 Å². The molecular formula is C26H38N2O. The van der Waals surface area contributed by atoms with E-state index in [0.29, 0.717) is 5.92 Å². The first-order chi connectivity index (χ1) is 14.3. The fraction of sp³-hybridized carbons (Fsp3) is 0.615. The summed E-state index contributed by atoms with van der Waals surface area (Å²) in [6.07, 6.45) is 18.4. The molecule has 3 rings (SSSR count). The third-order valence-corrected chi connectivity index (χ3v) is 6.32. The number of ether oxygens (including phenoxy) is 1. The first-order valence-corrected chi connectivity index (χ1v) is 11.8. The molecule has 0 N–H and O–H groups in total. The molecule has 158 valence electrons. The minimum atomic E-state index is 0.644. The van der Waals surface area contributed by atoms with E-state index in [1.807, 2.05) is 24.5 Å². The molecule has 0 saturated heterocycles. The number of unbranched alkanes of at least 4 members (excludes halogenated alkanes) is 4. The van der Waals surface area contributed by atoms with Gasteiger partial charge in [-0.15, -0.1) is 0 Å². The van der Waals surface area contributed by atoms with Crippen LogP contribution in [0.4, 0.5) is 0 Å². The average molecular weight is 395 g/mol. The molecule has 0 bridgehead atoms. The summed E-state index contributed by atoms with van der Waals surface area (Å²) >= 11 is 0. The molecule has 0 aliphatic heterocycles. The van der Waals surface area contributed by atoms with E-state index in [2.05, 4.69) is 35.9 Å². The van der Waals surface area contributed by atoms with E-state index in [9.17, 15) is 0 Å². The maximum absolute atomic E-state index is 5.86. The molecule has 0 spiro atoms. The Balaban J connectivity index is 1.47. The first kappa shape index (κ1) is 21.8. The average Bonchev–Trinajstić information content (AvgIpc) is 2.78. The minimum absolute atomic E-state index is 0.644. The van der Waals surface area contributed by atoms with Gasteiger partial charge in [0.1, 0.15) is 5.75 Å². The lowest BCUT2D eigenvalue weighted by Crippen LogP contribution is -2.13. The van der Waals surface area contributed by atoms with Crippen LogP contribution in [-0.4, -0.2) is 16.6 Å². The molecule has 1 aromatic carbocycles. The van der Waals surface area contributed by atoms with Gasteiger partial charge in [0.25, 0.3) is 0 Å². The van der Waals surface area contributed by atoms with Crippen molar-refractivity contribution in [3.63, 3.8) is 0 Å². The van der Waals surface area contributed by atoms with Crippen LogP contribution >= 0.6 is 0 Å². The van der Waals surface area contributed by atoms with Crippen LogP contribution in [0.1, 0.15) is 96.0 Å². The summed E-state index contributed by atoms with van der Waals surface area (Å²) in [5, 5.41) is 0. The monoisotopic (exact) mass is 394 g/mol. The Kier molecular flexibility index (Phi) is 8.98. The summed E-state index contributed by atoms with van der Waals surface area (Å²) in [5.74, 6) is 3.32. The van der Waals surface area contributed by atoms with Gasteiger partial charge in [-0.1, -0.05) is 52.4 Å². The SMILES string of the molecule is CCCCCCCOc1ccc(-c2ncc(C3CCC(CCC)CC3)cn2)cc1. The molecule has 1 heterocycles. The van der Waals surface area contributed by atoms with E-state index in [4.69, 9.17) is 4.74 Å². The smallest absolute Gasteiger partial charge is 0.159 e. The minimum Gasteiger partial charge on any atom is -0.494 e. The van der Waals surface area contributed by atoms with Gasteiger partial charge < -0.3 is 4.74 Å². The predicted octanol–water partition coefficient (Wildman–Crippen LogP) is 7.57. The Hall–Kier alpha value is -1.90. The number of rotatable bonds is 11. The highest BCUT2D eigenvalue weighted by Gasteiger charge is 2.22. The van der Waals surface area contributed by atoms with Gasteiger partial charge in [-0.3, -0.25) is 0 Å². The number of aromatic nitrogens is 2. The third-order valence-electron chi connectivity index (χ3n) is 6.32. The Morgan fingerprint density at radius 3 is 2.17 bits per heavy atom. The molecule has 1 aromatic heterocycles. The van der Waals surface area contributed by atoms with E-state index in [1.165, 1.54) is 69.8 Å². The molecule has 0 radical (unpaired) electrons. The van der Waals surface area contributed by atoms with E-state index in [0.717, 1.165) is 36.1 Å². The Labute approximate surface area is 177 Å². The highest BCUT2D eigenvalue weighted by Crippen LogP contribution is 2.37. The van der Waals surface area contributed by atoms with Crippen molar-refractivity contribution in [3.05, 3.63) is 42.2 Å². The van der Waals surface area contributed by atoms with Gasteiger partial charge in [0, 0.05) is 18.0 Å². The highest BCUT2D eigenvalue weighted by atomic mass is 16.5. The number of nitrogens with zero attached hydrogens (tertiary/aromatic N) is 2. The van der Waals surface area contributed by atoms with Gasteiger partial charge in [-0.25, -0.2) is 9.97 Å². The fourth-order valence-electron chi connectivity index (χ4n) is 4.49. The first-order valence-electron chi connectivity index (χ1n) is 11.8. The number of benzene rings is 1. The third kappa shape index (κ3) is 6.83. The summed E-state index contributed by atoms with van der Waals surface area (Å²) in [5.41, 5.74) is 2.37. The lowest BCUT2D eigenvalue weighted by Gasteiger charge is -2.28. The second kappa shape index (κ2) is 11.9. The number of hydrogen-bond acceptors (Lipinski definition) is 3. The van der Waals surface area contributed by atoms with Gasteiger partial charge in [-0.05, 0) is 73.8 Å². The van der Waals surface area contributed by atoms with Crippen LogP contribution in [0.15, 0.2) is 36.7 Å². The summed E-state index contributed by atoms with van der Waals surface area (Å²) in [7, 11) is 0. The molecule has 1 fully saturated rings. The molecule has 3 nitrogen and oxygen atoms in total. The topological polar surface area (TPSA) is 35.0 Å². The largest absolute Gasteiger partial charge is 0.494 e. The second-order valence-electron chi connectivity index (χ2n) is 8.63. The molecule has 0 amide bonds. The molecule has 1 aliphatic rings. The van der Waals surface area contributed by atoms with Crippen LogP contribution in [0.3, 0.4) is 0 Å². The van der Waals surface area contributed by atoms with Crippen molar-refractivity contribution in [1.29, 1.82) is 0 Å². The molecule has 0 unspecified atom stereocenters. The fourth-order valence-corrected chi connectivity index (χ4v) is 4.49. The van der Waals surface area contributed by atoms with Gasteiger partial charge >= 0.3 is 0 Å². The molecule has 1 aliphatic carbocycles. The van der Waals surface area contributed by atoms with Crippen LogP contribution < -0.4 is 4.74 Å². The van der Waals surface area contributed by atoms with Crippen molar-refractivity contribution in [1.82, 2.24) is 9.97 Å². The molecule has 3 heteroatoms. The van der Waals surface area contributed by atoms with Crippen molar-refractivity contribution in [2.45, 2.75) is 90.4 Å². The van der Waals surface area contributed by atoms with Crippen LogP contribution in [-0.2, 0) is 0 Å². The number of hydrogen-bond donors (Lipinski definition) is 0. The standard InChI is InChI=1S/C26H38N2O/c1-3-5-6-7-8-18-29-25-16-14-23(15-17-25)26-27-19-24(20-28-26)22-12-10-21(9-4-2)11-13-22/h14-17,19-22H,3-13,18H2,1-2H3. The van der Waals surface area contributed by atoms with Gasteiger partial charge in [0.2, 0.25) is 0 Å². The maximum Gasteiger partial charge on any atom is 0.159 e. The molecule has 1 saturated carbocycles. The van der Waals surface area contributed by atoms with Crippen LogP contribution in [0.2, 0.25) is 0 Å². The Morgan fingerprint density at radius 2 is 1.52 bits per heavy atom. The van der Waals surface area contributed by atoms with Gasteiger partial charge in [0.15, 0.2) is 5.82 Å². The van der Waals surface area contributed by atoms with E-state index in [-0.39, 0.29) is 0 Å². The van der Waals surface area contributed by atoms with E-state index in [1.54, 1.807) is 0 Å². The Bertz CT molecular complexity index is 688. The predicted molar refractivity (Wildman–Crippen MR) is 121 cm³/mol. The van der Waals surface area contributed by atoms with Crippen molar-refractivity contribution < 1.29 is 4.74 Å². The lowest BCUT2D eigenvalue weighted by atomic mass is 9.78. The zero-order valence-corrected chi connectivity index (χ0v) is 18.4. The quantitative estimate of drug-likeness (QED) is 0.369. The maximum atomic E-state index is 5.86. The summed E-state index contributed by atoms with van der Waals surface area (Å²) in [4.78, 5) is 9.32. The highest BCUT2D eigenvalue weighted by molar-refractivity contribution is 5.56. The van der Waals surface area contributed by atoms with Crippen molar-refractivity contribution in [2.24, 2.45) is 5.92 Å². The molecule has 2 aromatic rings. The normalized spacial score (nSPS) is 19.2. The van der Waals surface area contributed by atoms with E-state index >= 15 is 0 Å². The van der Waals surface area contributed by atoms with Crippen LogP contribution in [0.5, 0.6) is 5.75 Å². The Morgan fingerprint density at radius 1 is 0.828 bits per heavy atom. The van der Waals surface area contributed by atoms with Gasteiger partial charge in [0.05, 0.1) is 6.61 Å². The second-order valence-corrected chi connectivity index (χ2v) is 8.63. The van der Waals surface area contributed by atoms with Crippen LogP contribution in [0.25, 0.3) is 11.4 Å². The van der Waals surface area contributed by atoms with Crippen molar-refractivity contribution in [2.75, 3.05) is 6.61 Å². The van der Waals surface area contributed by atoms with E-state index < -0.39 is 0 Å². The summed E-state index contributed by atoms with van der Waals surface area (Å²) < 4.78 is 5.86. The molecule has 0 atom stereocenters. The van der Waals surface area contributed by atoms with Gasteiger partial charge in [-0.2, -0.15) is 0 Å². The molecule has 29 heavy (non-hydrogen) atoms. The zero-order chi connectivity index (χ0) is 20.3. The summed E-state index contributed by atoms with van der Waals surface area (Å²) in [6.45, 7) is 5.34. The van der Waals surface area contributed by atoms with Crippen molar-refractivity contribution in [3.8, 4) is 17.1 Å². The van der Waals surface area contributed by atoms with Crippen molar-refractivity contribution >= 4 is 0 Å². The summed E-state index contributed by atoms with van der Waals surface area (Å²) in [6, 6.07) is 8.20. The lowest BCUT2D eigenvalue weighted by molar-refractivity contribution is 0.304. The zero-order valence-electron chi connectivity index (χ0n) is 18.4.